The Hall–Kier alpha value is -0.0800. The molecule has 0 saturated carbocycles. The second kappa shape index (κ2) is 14.4. The summed E-state index contributed by atoms with van der Waals surface area (Å²) < 4.78 is 0. The summed E-state index contributed by atoms with van der Waals surface area (Å²) in [5.41, 5.74) is 5.14. The third-order valence-electron chi connectivity index (χ3n) is 1.77. The summed E-state index contributed by atoms with van der Waals surface area (Å²) in [6, 6.07) is 0. The molecule has 2 nitrogen and oxygen atoms in total. The summed E-state index contributed by atoms with van der Waals surface area (Å²) in [7, 11) is 2.17. The fraction of sp³-hybridized carbons (Fsp3) is 1.00. The molecule has 0 aromatic heterocycles. The molecule has 2 N–H and O–H groups in total. The highest BCUT2D eigenvalue weighted by Gasteiger charge is 1.90. The Morgan fingerprint density at radius 1 is 0.923 bits per heavy atom. The van der Waals surface area contributed by atoms with E-state index in [1.54, 1.807) is 0 Å². The Balaban J connectivity index is 0. The first-order valence-corrected chi connectivity index (χ1v) is 5.61. The van der Waals surface area contributed by atoms with Gasteiger partial charge in [-0.05, 0) is 45.9 Å². The van der Waals surface area contributed by atoms with Gasteiger partial charge in [0.15, 0.2) is 0 Å². The first kappa shape index (κ1) is 15.4. The van der Waals surface area contributed by atoms with Crippen molar-refractivity contribution in [3.05, 3.63) is 0 Å². The number of nitrogens with two attached hydrogens (primary N) is 1. The maximum Gasteiger partial charge on any atom is -0.00244 e. The summed E-state index contributed by atoms with van der Waals surface area (Å²) in [4.78, 5) is 2.36. The fourth-order valence-corrected chi connectivity index (χ4v) is 1.08. The van der Waals surface area contributed by atoms with E-state index in [0.29, 0.717) is 0 Å². The fourth-order valence-electron chi connectivity index (χ4n) is 1.08. The number of hydrogen-bond acceptors (Lipinski definition) is 2. The third-order valence-corrected chi connectivity index (χ3v) is 1.77. The van der Waals surface area contributed by atoms with E-state index in [9.17, 15) is 0 Å². The Morgan fingerprint density at radius 3 is 1.54 bits per heavy atom. The van der Waals surface area contributed by atoms with Crippen molar-refractivity contribution in [2.45, 2.75) is 46.5 Å². The van der Waals surface area contributed by atoms with Gasteiger partial charge in [0.1, 0.15) is 0 Å². The smallest absolute Gasteiger partial charge is 0.00244 e. The molecule has 82 valence electrons. The molecule has 0 fully saturated rings. The van der Waals surface area contributed by atoms with Crippen LogP contribution in [0.2, 0.25) is 0 Å². The summed E-state index contributed by atoms with van der Waals surface area (Å²) >= 11 is 0. The largest absolute Gasteiger partial charge is 0.330 e. The van der Waals surface area contributed by atoms with E-state index >= 15 is 0 Å². The van der Waals surface area contributed by atoms with Crippen molar-refractivity contribution < 1.29 is 0 Å². The highest BCUT2D eigenvalue weighted by Crippen LogP contribution is 1.86. The molecule has 0 heterocycles. The first-order chi connectivity index (χ1) is 6.22. The van der Waals surface area contributed by atoms with Crippen LogP contribution in [0.5, 0.6) is 0 Å². The van der Waals surface area contributed by atoms with Crippen LogP contribution in [-0.2, 0) is 0 Å². The van der Waals surface area contributed by atoms with Crippen molar-refractivity contribution in [2.75, 3.05) is 26.7 Å². The zero-order chi connectivity index (χ0) is 10.5. The molecule has 0 saturated heterocycles. The number of unbranched alkanes of at least 4 members (excludes halogenated alkanes) is 1. The molecule has 0 atom stereocenters. The van der Waals surface area contributed by atoms with E-state index in [-0.39, 0.29) is 0 Å². The maximum absolute atomic E-state index is 5.14. The molecule has 0 aliphatic rings. The molecule has 0 aliphatic heterocycles. The Kier molecular flexibility index (Phi) is 17.1. The lowest BCUT2D eigenvalue weighted by Gasteiger charge is -2.12. The van der Waals surface area contributed by atoms with E-state index < -0.39 is 0 Å². The Labute approximate surface area is 84.5 Å². The van der Waals surface area contributed by atoms with Crippen molar-refractivity contribution in [1.29, 1.82) is 0 Å². The molecule has 0 amide bonds. The van der Waals surface area contributed by atoms with Gasteiger partial charge in [0.25, 0.3) is 0 Å². The lowest BCUT2D eigenvalue weighted by atomic mass is 10.3. The van der Waals surface area contributed by atoms with Gasteiger partial charge in [-0.2, -0.15) is 0 Å². The van der Waals surface area contributed by atoms with E-state index in [1.165, 1.54) is 38.8 Å². The zero-order valence-electron chi connectivity index (χ0n) is 9.97. The lowest BCUT2D eigenvalue weighted by Crippen LogP contribution is -2.19. The predicted octanol–water partition coefficient (Wildman–Crippen LogP) is 2.48. The van der Waals surface area contributed by atoms with E-state index in [1.807, 2.05) is 0 Å². The summed E-state index contributed by atoms with van der Waals surface area (Å²) in [6.07, 6.45) is 4.93. The first-order valence-electron chi connectivity index (χ1n) is 5.61. The number of hydrogen-bond donors (Lipinski definition) is 1. The van der Waals surface area contributed by atoms with Crippen molar-refractivity contribution in [1.82, 2.24) is 4.90 Å². The van der Waals surface area contributed by atoms with Crippen LogP contribution in [0.1, 0.15) is 46.5 Å². The minimum atomic E-state index is 0.844. The quantitative estimate of drug-likeness (QED) is 0.694. The SMILES string of the molecule is CCCCN.CCCN(C)CCC. The second-order valence-electron chi connectivity index (χ2n) is 3.45. The third kappa shape index (κ3) is 18.7. The average molecular weight is 188 g/mol. The molecule has 0 radical (unpaired) electrons. The van der Waals surface area contributed by atoms with Gasteiger partial charge in [-0.1, -0.05) is 27.2 Å². The summed E-state index contributed by atoms with van der Waals surface area (Å²) in [5, 5.41) is 0. The predicted molar refractivity (Wildman–Crippen MR) is 62.0 cm³/mol. The van der Waals surface area contributed by atoms with Gasteiger partial charge < -0.3 is 10.6 Å². The number of nitrogens with zero attached hydrogens (tertiary/aromatic N) is 1. The Bertz CT molecular complexity index is 66.5. The maximum atomic E-state index is 5.14. The van der Waals surface area contributed by atoms with Gasteiger partial charge >= 0.3 is 0 Å². The van der Waals surface area contributed by atoms with Crippen LogP contribution in [0.25, 0.3) is 0 Å². The second-order valence-corrected chi connectivity index (χ2v) is 3.45. The van der Waals surface area contributed by atoms with Gasteiger partial charge in [0.2, 0.25) is 0 Å². The molecule has 0 aromatic rings. The van der Waals surface area contributed by atoms with Crippen LogP contribution in [0.3, 0.4) is 0 Å². The summed E-state index contributed by atoms with van der Waals surface area (Å²) in [5.74, 6) is 0. The van der Waals surface area contributed by atoms with Crippen LogP contribution in [0.4, 0.5) is 0 Å². The molecule has 13 heavy (non-hydrogen) atoms. The lowest BCUT2D eigenvalue weighted by molar-refractivity contribution is 0.335. The molecular formula is C11H28N2. The van der Waals surface area contributed by atoms with Crippen LogP contribution in [0.15, 0.2) is 0 Å². The van der Waals surface area contributed by atoms with Crippen molar-refractivity contribution in [3.63, 3.8) is 0 Å². The van der Waals surface area contributed by atoms with E-state index in [4.69, 9.17) is 5.73 Å². The number of rotatable bonds is 6. The van der Waals surface area contributed by atoms with E-state index in [0.717, 1.165) is 6.54 Å². The van der Waals surface area contributed by atoms with Crippen molar-refractivity contribution >= 4 is 0 Å². The molecule has 0 spiro atoms. The highest BCUT2D eigenvalue weighted by molar-refractivity contribution is 4.45. The van der Waals surface area contributed by atoms with Crippen molar-refractivity contribution in [2.24, 2.45) is 5.73 Å². The normalized spacial score (nSPS) is 9.69. The molecule has 0 rings (SSSR count). The van der Waals surface area contributed by atoms with Crippen molar-refractivity contribution in [3.8, 4) is 0 Å². The molecule has 2 heteroatoms. The van der Waals surface area contributed by atoms with Gasteiger partial charge in [0.05, 0.1) is 0 Å². The standard InChI is InChI=1S/C7H17N.C4H11N/c1-4-6-8(3)7-5-2;1-2-3-4-5/h4-7H2,1-3H3;2-5H2,1H3. The summed E-state index contributed by atoms with van der Waals surface area (Å²) in [6.45, 7) is 9.89. The molecule has 0 unspecified atom stereocenters. The van der Waals surface area contributed by atoms with Gasteiger partial charge in [-0.25, -0.2) is 0 Å². The Morgan fingerprint density at radius 2 is 1.38 bits per heavy atom. The minimum Gasteiger partial charge on any atom is -0.330 e. The van der Waals surface area contributed by atoms with Gasteiger partial charge in [-0.15, -0.1) is 0 Å². The van der Waals surface area contributed by atoms with Crippen LogP contribution >= 0.6 is 0 Å². The molecule has 0 bridgehead atoms. The van der Waals surface area contributed by atoms with Crippen LogP contribution in [0, 0.1) is 0 Å². The average Bonchev–Trinajstić information content (AvgIpc) is 2.08. The van der Waals surface area contributed by atoms with Crippen LogP contribution < -0.4 is 5.73 Å². The zero-order valence-corrected chi connectivity index (χ0v) is 9.97. The van der Waals surface area contributed by atoms with Gasteiger partial charge in [-0.3, -0.25) is 0 Å². The highest BCUT2D eigenvalue weighted by atomic mass is 15.1. The molecular weight excluding hydrogens is 160 g/mol. The topological polar surface area (TPSA) is 29.3 Å². The molecule has 0 aliphatic carbocycles. The van der Waals surface area contributed by atoms with Gasteiger partial charge in [0, 0.05) is 0 Å². The monoisotopic (exact) mass is 188 g/mol. The minimum absolute atomic E-state index is 0.844. The van der Waals surface area contributed by atoms with E-state index in [2.05, 4.69) is 32.7 Å². The molecule has 0 aromatic carbocycles. The van der Waals surface area contributed by atoms with Crippen LogP contribution in [-0.4, -0.2) is 31.6 Å².